The number of ether oxygens (including phenoxy) is 3. The molecule has 3 heterocycles. The van der Waals surface area contributed by atoms with Crippen LogP contribution in [0, 0.1) is 0 Å². The van der Waals surface area contributed by atoms with Crippen LogP contribution >= 0.6 is 23.2 Å². The molecular weight excluding hydrogens is 534 g/mol. The molecule has 3 aliphatic rings. The molecule has 1 aromatic carbocycles. The zero-order valence-corrected chi connectivity index (χ0v) is 22.9. The molecule has 2 atom stereocenters. The second kappa shape index (κ2) is 12.5. The van der Waals surface area contributed by atoms with E-state index in [0.717, 1.165) is 37.9 Å². The molecule has 1 N–H and O–H groups in total. The molecule has 5 rings (SSSR count). The Bertz CT molecular complexity index is 1120. The summed E-state index contributed by atoms with van der Waals surface area (Å²) in [4.78, 5) is 15.5. The van der Waals surface area contributed by atoms with Gasteiger partial charge in [0.05, 0.1) is 57.0 Å². The van der Waals surface area contributed by atoms with Gasteiger partial charge >= 0.3 is 0 Å². The predicted molar refractivity (Wildman–Crippen MR) is 147 cm³/mol. The number of nitrogens with zero attached hydrogens (tertiary/aromatic N) is 3. The second-order valence-electron chi connectivity index (χ2n) is 10.4. The normalized spacial score (nSPS) is 28.1. The fourth-order valence-corrected chi connectivity index (χ4v) is 5.94. The van der Waals surface area contributed by atoms with Crippen molar-refractivity contribution in [2.45, 2.75) is 62.4 Å². The summed E-state index contributed by atoms with van der Waals surface area (Å²) in [6.45, 7) is 3.18. The maximum absolute atomic E-state index is 14.9. The van der Waals surface area contributed by atoms with Crippen LogP contribution in [-0.4, -0.2) is 73.7 Å². The Morgan fingerprint density at radius 2 is 1.89 bits per heavy atom. The Kier molecular flexibility index (Phi) is 9.10. The Morgan fingerprint density at radius 3 is 2.58 bits per heavy atom. The van der Waals surface area contributed by atoms with Crippen molar-refractivity contribution in [3.8, 4) is 0 Å². The van der Waals surface area contributed by atoms with Gasteiger partial charge in [-0.2, -0.15) is 5.10 Å². The average Bonchev–Trinajstić information content (AvgIpc) is 2.94. The van der Waals surface area contributed by atoms with Gasteiger partial charge in [0.2, 0.25) is 0 Å². The first-order valence-corrected chi connectivity index (χ1v) is 14.2. The Balaban J connectivity index is 1.24. The summed E-state index contributed by atoms with van der Waals surface area (Å²) < 4.78 is 33.2. The van der Waals surface area contributed by atoms with E-state index in [0.29, 0.717) is 50.0 Å². The summed E-state index contributed by atoms with van der Waals surface area (Å²) in [5, 5.41) is 8.13. The van der Waals surface area contributed by atoms with Gasteiger partial charge in [-0.1, -0.05) is 23.2 Å². The number of rotatable bonds is 8. The third-order valence-electron chi connectivity index (χ3n) is 7.71. The second-order valence-corrected chi connectivity index (χ2v) is 11.3. The zero-order valence-electron chi connectivity index (χ0n) is 21.4. The molecule has 0 amide bonds. The third-order valence-corrected chi connectivity index (χ3v) is 8.33. The van der Waals surface area contributed by atoms with Crippen molar-refractivity contribution >= 4 is 34.6 Å². The Labute approximate surface area is 232 Å². The number of aromatic nitrogens is 2. The van der Waals surface area contributed by atoms with Crippen LogP contribution in [0.3, 0.4) is 0 Å². The fraction of sp³-hybridized carbons (Fsp3) is 0.630. The van der Waals surface area contributed by atoms with Crippen molar-refractivity contribution < 1.29 is 18.6 Å². The summed E-state index contributed by atoms with van der Waals surface area (Å²) in [5.74, 6) is 0. The Morgan fingerprint density at radius 1 is 1.11 bits per heavy atom. The van der Waals surface area contributed by atoms with Crippen LogP contribution in [0.1, 0.15) is 44.6 Å². The molecule has 1 aliphatic carbocycles. The molecule has 11 heteroatoms. The lowest BCUT2D eigenvalue weighted by atomic mass is 9.89. The van der Waals surface area contributed by atoms with Crippen LogP contribution < -0.4 is 15.8 Å². The molecule has 2 saturated heterocycles. The highest BCUT2D eigenvalue weighted by atomic mass is 35.5. The fourth-order valence-electron chi connectivity index (χ4n) is 5.61. The molecule has 1 aromatic heterocycles. The Hall–Kier alpha value is -1.91. The largest absolute Gasteiger partial charge is 0.379 e. The van der Waals surface area contributed by atoms with Crippen LogP contribution in [0.5, 0.6) is 0 Å². The minimum atomic E-state index is -1.47. The summed E-state index contributed by atoms with van der Waals surface area (Å²) in [6.07, 6.45) is 5.97. The smallest absolute Gasteiger partial charge is 0.287 e. The highest BCUT2D eigenvalue weighted by Gasteiger charge is 2.34. The topological polar surface area (TPSA) is 77.9 Å². The summed E-state index contributed by atoms with van der Waals surface area (Å²) >= 11 is 12.6. The van der Waals surface area contributed by atoms with Crippen molar-refractivity contribution in [2.75, 3.05) is 56.3 Å². The third kappa shape index (κ3) is 6.62. The molecule has 3 fully saturated rings. The number of nitrogens with one attached hydrogen (secondary N) is 1. The standard InChI is InChI=1S/C27H35Cl2FN4O4/c28-19-2-4-20(5-3-19)33(15-23-16-36-12-13-38-23)21-6-8-22(9-7-21)34-26(35)25(29)24(14-32-34)31-17-27(30)10-1-11-37-18-27/h2-5,14,21-23,31H,1,6-13,15-18H2/t21?,22?,23-,27-/m1/s1. The van der Waals surface area contributed by atoms with E-state index >= 15 is 0 Å². The zero-order chi connectivity index (χ0) is 26.5. The van der Waals surface area contributed by atoms with E-state index in [-0.39, 0.29) is 41.9 Å². The van der Waals surface area contributed by atoms with Gasteiger partial charge in [0, 0.05) is 29.9 Å². The van der Waals surface area contributed by atoms with Crippen LogP contribution in [0.2, 0.25) is 10.0 Å². The van der Waals surface area contributed by atoms with E-state index in [4.69, 9.17) is 37.4 Å². The van der Waals surface area contributed by atoms with Crippen molar-refractivity contribution in [2.24, 2.45) is 0 Å². The van der Waals surface area contributed by atoms with E-state index in [1.807, 2.05) is 24.3 Å². The molecule has 8 nitrogen and oxygen atoms in total. The molecule has 1 saturated carbocycles. The number of hydrogen-bond acceptors (Lipinski definition) is 7. The molecule has 0 unspecified atom stereocenters. The van der Waals surface area contributed by atoms with E-state index in [1.165, 1.54) is 10.9 Å². The van der Waals surface area contributed by atoms with Crippen LogP contribution in [0.15, 0.2) is 35.3 Å². The average molecular weight is 570 g/mol. The predicted octanol–water partition coefficient (Wildman–Crippen LogP) is 4.89. The minimum absolute atomic E-state index is 0.00363. The SMILES string of the molecule is O=c1c(Cl)c(NC[C@]2(F)CCCOC2)cnn1C1CCC(N(C[C@@H]2COCCO2)c2ccc(Cl)cc2)CC1. The number of halogens is 3. The quantitative estimate of drug-likeness (QED) is 0.486. The van der Waals surface area contributed by atoms with Crippen molar-refractivity contribution in [3.05, 3.63) is 50.9 Å². The van der Waals surface area contributed by atoms with E-state index < -0.39 is 5.67 Å². The lowest BCUT2D eigenvalue weighted by molar-refractivity contribution is -0.0847. The highest BCUT2D eigenvalue weighted by molar-refractivity contribution is 6.33. The van der Waals surface area contributed by atoms with Crippen LogP contribution in [-0.2, 0) is 14.2 Å². The lowest BCUT2D eigenvalue weighted by Gasteiger charge is -2.40. The number of hydrogen-bond donors (Lipinski definition) is 1. The van der Waals surface area contributed by atoms with Gasteiger partial charge in [-0.3, -0.25) is 4.79 Å². The van der Waals surface area contributed by atoms with E-state index in [1.54, 1.807) is 0 Å². The van der Waals surface area contributed by atoms with Gasteiger partial charge < -0.3 is 24.4 Å². The van der Waals surface area contributed by atoms with E-state index in [2.05, 4.69) is 15.3 Å². The molecule has 2 aliphatic heterocycles. The maximum Gasteiger partial charge on any atom is 0.287 e. The number of anilines is 2. The van der Waals surface area contributed by atoms with Crippen molar-refractivity contribution in [3.63, 3.8) is 0 Å². The van der Waals surface area contributed by atoms with E-state index in [9.17, 15) is 9.18 Å². The summed E-state index contributed by atoms with van der Waals surface area (Å²) in [5.41, 5.74) is -0.377. The first-order valence-electron chi connectivity index (χ1n) is 13.4. The van der Waals surface area contributed by atoms with Gasteiger partial charge in [-0.25, -0.2) is 9.07 Å². The maximum atomic E-state index is 14.9. The monoisotopic (exact) mass is 568 g/mol. The van der Waals surface area contributed by atoms with Gasteiger partial charge in [0.1, 0.15) is 5.02 Å². The molecule has 0 bridgehead atoms. The van der Waals surface area contributed by atoms with Crippen LogP contribution in [0.4, 0.5) is 15.8 Å². The van der Waals surface area contributed by atoms with Gasteiger partial charge in [-0.05, 0) is 62.8 Å². The molecular formula is C27H35Cl2FN4O4. The van der Waals surface area contributed by atoms with Gasteiger partial charge in [-0.15, -0.1) is 0 Å². The van der Waals surface area contributed by atoms with Crippen molar-refractivity contribution in [1.82, 2.24) is 9.78 Å². The lowest BCUT2D eigenvalue weighted by Crippen LogP contribution is -2.46. The first-order chi connectivity index (χ1) is 18.4. The van der Waals surface area contributed by atoms with Crippen molar-refractivity contribution in [1.29, 1.82) is 0 Å². The van der Waals surface area contributed by atoms with Gasteiger partial charge in [0.15, 0.2) is 5.67 Å². The summed E-state index contributed by atoms with van der Waals surface area (Å²) in [7, 11) is 0. The molecule has 0 radical (unpaired) electrons. The minimum Gasteiger partial charge on any atom is -0.379 e. The molecule has 38 heavy (non-hydrogen) atoms. The number of alkyl halides is 1. The van der Waals surface area contributed by atoms with Gasteiger partial charge in [0.25, 0.3) is 5.56 Å². The summed E-state index contributed by atoms with van der Waals surface area (Å²) in [6, 6.07) is 8.11. The molecule has 2 aromatic rings. The molecule has 208 valence electrons. The first kappa shape index (κ1) is 27.6. The molecule has 0 spiro atoms. The van der Waals surface area contributed by atoms with Crippen LogP contribution in [0.25, 0.3) is 0 Å². The highest BCUT2D eigenvalue weighted by Crippen LogP contribution is 2.34. The number of benzene rings is 1.